The van der Waals surface area contributed by atoms with Gasteiger partial charge in [0.05, 0.1) is 42.5 Å². The summed E-state index contributed by atoms with van der Waals surface area (Å²) in [6, 6.07) is 13.9. The van der Waals surface area contributed by atoms with Gasteiger partial charge in [0, 0.05) is 48.3 Å². The number of morpholine rings is 1. The van der Waals surface area contributed by atoms with Crippen molar-refractivity contribution in [3.63, 3.8) is 0 Å². The quantitative estimate of drug-likeness (QED) is 0.368. The Morgan fingerprint density at radius 1 is 1.06 bits per heavy atom. The molecule has 4 heterocycles. The zero-order chi connectivity index (χ0) is 23.8. The number of benzene rings is 2. The molecule has 176 valence electrons. The lowest BCUT2D eigenvalue weighted by Crippen LogP contribution is -2.35. The summed E-state index contributed by atoms with van der Waals surface area (Å²) >= 11 is 6.28. The Morgan fingerprint density at radius 2 is 1.94 bits per heavy atom. The molecule has 6 rings (SSSR count). The largest absolute Gasteiger partial charge is 0.379 e. The zero-order valence-corrected chi connectivity index (χ0v) is 19.9. The monoisotopic (exact) mass is 486 g/mol. The van der Waals surface area contributed by atoms with E-state index in [1.165, 1.54) is 0 Å². The normalized spacial score (nSPS) is 14.6. The second kappa shape index (κ2) is 9.18. The van der Waals surface area contributed by atoms with Crippen molar-refractivity contribution in [2.45, 2.75) is 6.54 Å². The van der Waals surface area contributed by atoms with Crippen molar-refractivity contribution < 1.29 is 4.74 Å². The molecule has 5 aromatic rings. The first-order valence-corrected chi connectivity index (χ1v) is 11.8. The van der Waals surface area contributed by atoms with Crippen LogP contribution in [0.1, 0.15) is 5.69 Å². The molecule has 9 nitrogen and oxygen atoms in total. The molecule has 0 saturated carbocycles. The van der Waals surface area contributed by atoms with Gasteiger partial charge in [0.25, 0.3) is 5.78 Å². The zero-order valence-electron chi connectivity index (χ0n) is 19.2. The number of rotatable bonds is 5. The SMILES string of the molecule is CN(c1cccc(-c2cnc(CN3CCOCC3)cn2)c1)c1nc2nncn2c2cc(Cl)ccc12. The van der Waals surface area contributed by atoms with Crippen molar-refractivity contribution in [3.05, 3.63) is 71.9 Å². The van der Waals surface area contributed by atoms with Gasteiger partial charge in [-0.2, -0.15) is 4.98 Å². The van der Waals surface area contributed by atoms with Crippen LogP contribution in [0.15, 0.2) is 61.2 Å². The molecule has 0 spiro atoms. The average Bonchev–Trinajstić information content (AvgIpc) is 3.38. The Morgan fingerprint density at radius 3 is 2.77 bits per heavy atom. The van der Waals surface area contributed by atoms with Crippen molar-refractivity contribution in [2.75, 3.05) is 38.3 Å². The van der Waals surface area contributed by atoms with Crippen LogP contribution in [-0.4, -0.2) is 67.8 Å². The first kappa shape index (κ1) is 21.8. The third-order valence-electron chi connectivity index (χ3n) is 6.24. The van der Waals surface area contributed by atoms with Crippen LogP contribution in [0.3, 0.4) is 0 Å². The second-order valence-electron chi connectivity index (χ2n) is 8.49. The van der Waals surface area contributed by atoms with E-state index in [0.717, 1.165) is 72.2 Å². The lowest BCUT2D eigenvalue weighted by atomic mass is 10.1. The molecule has 0 aliphatic carbocycles. The number of halogens is 1. The van der Waals surface area contributed by atoms with Crippen LogP contribution in [0, 0.1) is 0 Å². The number of nitrogens with zero attached hydrogens (tertiary/aromatic N) is 8. The molecule has 2 aromatic carbocycles. The third kappa shape index (κ3) is 4.29. The maximum Gasteiger partial charge on any atom is 0.257 e. The Bertz CT molecular complexity index is 1500. The summed E-state index contributed by atoms with van der Waals surface area (Å²) in [5.41, 5.74) is 4.63. The number of ether oxygens (including phenoxy) is 1. The summed E-state index contributed by atoms with van der Waals surface area (Å²) in [7, 11) is 1.99. The van der Waals surface area contributed by atoms with Gasteiger partial charge in [-0.05, 0) is 30.3 Å². The van der Waals surface area contributed by atoms with Crippen LogP contribution in [0.25, 0.3) is 27.9 Å². The van der Waals surface area contributed by atoms with E-state index in [1.54, 1.807) is 6.33 Å². The maximum atomic E-state index is 6.28. The minimum Gasteiger partial charge on any atom is -0.379 e. The molecule has 1 saturated heterocycles. The van der Waals surface area contributed by atoms with Gasteiger partial charge in [-0.15, -0.1) is 10.2 Å². The molecule has 0 N–H and O–H groups in total. The maximum absolute atomic E-state index is 6.28. The van der Waals surface area contributed by atoms with E-state index in [-0.39, 0.29) is 0 Å². The van der Waals surface area contributed by atoms with E-state index in [2.05, 4.69) is 26.1 Å². The molecule has 3 aromatic heterocycles. The molecule has 0 bridgehead atoms. The Balaban J connectivity index is 1.31. The molecule has 0 amide bonds. The highest BCUT2D eigenvalue weighted by Crippen LogP contribution is 2.33. The minimum atomic E-state index is 0.513. The number of fused-ring (bicyclic) bond motifs is 3. The van der Waals surface area contributed by atoms with E-state index >= 15 is 0 Å². The van der Waals surface area contributed by atoms with Crippen molar-refractivity contribution in [1.82, 2.24) is 34.4 Å². The van der Waals surface area contributed by atoms with Crippen LogP contribution in [0.5, 0.6) is 0 Å². The standard InChI is InChI=1S/C25H23ClN8O/c1-32(24-21-6-5-18(26)12-23(21)34-16-29-31-25(34)30-24)20-4-2-3-17(11-20)22-14-27-19(13-28-22)15-33-7-9-35-10-8-33/h2-6,11-14,16H,7-10,15H2,1H3. The van der Waals surface area contributed by atoms with E-state index in [0.29, 0.717) is 10.8 Å². The highest BCUT2D eigenvalue weighted by atomic mass is 35.5. The molecule has 0 atom stereocenters. The topological polar surface area (TPSA) is 84.6 Å². The number of aromatic nitrogens is 6. The van der Waals surface area contributed by atoms with Crippen LogP contribution in [-0.2, 0) is 11.3 Å². The van der Waals surface area contributed by atoms with Gasteiger partial charge in [0.2, 0.25) is 0 Å². The first-order chi connectivity index (χ1) is 17.2. The summed E-state index contributed by atoms with van der Waals surface area (Å²) in [6.45, 7) is 4.17. The predicted octanol–water partition coefficient (Wildman–Crippen LogP) is 3.99. The molecule has 1 aliphatic rings. The Hall–Kier alpha value is -3.66. The van der Waals surface area contributed by atoms with Crippen molar-refractivity contribution in [1.29, 1.82) is 0 Å². The van der Waals surface area contributed by atoms with Crippen molar-refractivity contribution in [2.24, 2.45) is 0 Å². The van der Waals surface area contributed by atoms with Gasteiger partial charge in [0.15, 0.2) is 0 Å². The van der Waals surface area contributed by atoms with E-state index in [9.17, 15) is 0 Å². The van der Waals surface area contributed by atoms with Gasteiger partial charge in [-0.3, -0.25) is 19.3 Å². The number of hydrogen-bond acceptors (Lipinski definition) is 8. The minimum absolute atomic E-state index is 0.513. The van der Waals surface area contributed by atoms with E-state index in [1.807, 2.05) is 65.1 Å². The van der Waals surface area contributed by atoms with Gasteiger partial charge in [-0.25, -0.2) is 0 Å². The summed E-state index contributed by atoms with van der Waals surface area (Å²) in [4.78, 5) is 18.5. The van der Waals surface area contributed by atoms with Gasteiger partial charge >= 0.3 is 0 Å². The molecule has 0 unspecified atom stereocenters. The van der Waals surface area contributed by atoms with Crippen LogP contribution >= 0.6 is 11.6 Å². The Labute approximate surface area is 207 Å². The molecule has 1 aliphatic heterocycles. The molecule has 35 heavy (non-hydrogen) atoms. The Kier molecular flexibility index (Phi) is 5.73. The first-order valence-electron chi connectivity index (χ1n) is 11.4. The fourth-order valence-electron chi connectivity index (χ4n) is 4.35. The average molecular weight is 487 g/mol. The van der Waals surface area contributed by atoms with Gasteiger partial charge < -0.3 is 9.64 Å². The highest BCUT2D eigenvalue weighted by molar-refractivity contribution is 6.31. The smallest absolute Gasteiger partial charge is 0.257 e. The highest BCUT2D eigenvalue weighted by Gasteiger charge is 2.16. The number of hydrogen-bond donors (Lipinski definition) is 0. The summed E-state index contributed by atoms with van der Waals surface area (Å²) in [5, 5.41) is 9.76. The van der Waals surface area contributed by atoms with Crippen LogP contribution in [0.4, 0.5) is 11.5 Å². The summed E-state index contributed by atoms with van der Waals surface area (Å²) in [5.74, 6) is 1.28. The molecule has 10 heteroatoms. The number of anilines is 2. The lowest BCUT2D eigenvalue weighted by molar-refractivity contribution is 0.0336. The van der Waals surface area contributed by atoms with E-state index < -0.39 is 0 Å². The van der Waals surface area contributed by atoms with Crippen molar-refractivity contribution in [3.8, 4) is 11.3 Å². The van der Waals surface area contributed by atoms with Crippen molar-refractivity contribution >= 4 is 39.8 Å². The summed E-state index contributed by atoms with van der Waals surface area (Å²) < 4.78 is 7.26. The predicted molar refractivity (Wildman–Crippen MR) is 135 cm³/mol. The van der Waals surface area contributed by atoms with Gasteiger partial charge in [-0.1, -0.05) is 23.7 Å². The van der Waals surface area contributed by atoms with Crippen LogP contribution < -0.4 is 4.90 Å². The molecular formula is C25H23ClN8O. The van der Waals surface area contributed by atoms with Crippen LogP contribution in [0.2, 0.25) is 5.02 Å². The second-order valence-corrected chi connectivity index (χ2v) is 8.93. The fraction of sp³-hybridized carbons (Fsp3) is 0.240. The van der Waals surface area contributed by atoms with Gasteiger partial charge in [0.1, 0.15) is 12.1 Å². The lowest BCUT2D eigenvalue weighted by Gasteiger charge is -2.26. The van der Waals surface area contributed by atoms with E-state index in [4.69, 9.17) is 26.3 Å². The molecule has 0 radical (unpaired) electrons. The molecular weight excluding hydrogens is 464 g/mol. The summed E-state index contributed by atoms with van der Waals surface area (Å²) in [6.07, 6.45) is 5.35. The fourth-order valence-corrected chi connectivity index (χ4v) is 4.52. The molecule has 1 fully saturated rings. The third-order valence-corrected chi connectivity index (χ3v) is 6.47.